The Bertz CT molecular complexity index is 1690. The molecule has 0 spiro atoms. The molecule has 3 aromatic rings. The van der Waals surface area contributed by atoms with Crippen LogP contribution in [0.15, 0.2) is 36.1 Å². The van der Waals surface area contributed by atoms with Gasteiger partial charge in [-0.1, -0.05) is 17.7 Å². The number of halogens is 4. The van der Waals surface area contributed by atoms with Crippen molar-refractivity contribution in [3.05, 3.63) is 74.7 Å². The van der Waals surface area contributed by atoms with Gasteiger partial charge < -0.3 is 19.1 Å². The SMILES string of the molecule is COCOC1=Cc2ccc(F)cc2CC(c2c(Cl)cc3c(N4CC5CCC(C4)N5C(=O)OC(C)(C)C)nc(Cl)nc3c2F)=C1. The van der Waals surface area contributed by atoms with Gasteiger partial charge in [-0.3, -0.25) is 4.90 Å². The third-order valence-corrected chi connectivity index (χ3v) is 8.45. The maximum Gasteiger partial charge on any atom is 0.410 e. The van der Waals surface area contributed by atoms with Crippen LogP contribution in [0, 0.1) is 11.6 Å². The van der Waals surface area contributed by atoms with Crippen LogP contribution in [-0.2, 0) is 20.6 Å². The van der Waals surface area contributed by atoms with E-state index in [-0.39, 0.29) is 52.8 Å². The molecule has 2 unspecified atom stereocenters. The first-order chi connectivity index (χ1) is 20.9. The smallest absolute Gasteiger partial charge is 0.410 e. The zero-order chi connectivity index (χ0) is 31.3. The predicted molar refractivity (Wildman–Crippen MR) is 166 cm³/mol. The van der Waals surface area contributed by atoms with E-state index in [1.165, 1.54) is 19.2 Å². The molecule has 2 saturated heterocycles. The number of fused-ring (bicyclic) bond motifs is 4. The maximum atomic E-state index is 16.6. The molecular weight excluding hydrogens is 613 g/mol. The van der Waals surface area contributed by atoms with E-state index < -0.39 is 17.2 Å². The zero-order valence-electron chi connectivity index (χ0n) is 24.8. The summed E-state index contributed by atoms with van der Waals surface area (Å²) in [5, 5.41) is 0.417. The van der Waals surface area contributed by atoms with Crippen LogP contribution in [0.1, 0.15) is 50.3 Å². The van der Waals surface area contributed by atoms with E-state index in [1.807, 2.05) is 30.6 Å². The van der Waals surface area contributed by atoms with Crippen LogP contribution in [0.3, 0.4) is 0 Å². The number of ether oxygens (including phenoxy) is 3. The zero-order valence-corrected chi connectivity index (χ0v) is 26.3. The van der Waals surface area contributed by atoms with Gasteiger partial charge in [-0.15, -0.1) is 0 Å². The number of carbonyl (C=O) groups is 1. The largest absolute Gasteiger partial charge is 0.468 e. The van der Waals surface area contributed by atoms with Gasteiger partial charge in [0.1, 0.15) is 28.5 Å². The Labute approximate surface area is 264 Å². The Hall–Kier alpha value is -3.47. The summed E-state index contributed by atoms with van der Waals surface area (Å²) in [5.74, 6) is -0.236. The molecule has 2 aromatic carbocycles. The van der Waals surface area contributed by atoms with Crippen molar-refractivity contribution in [2.75, 3.05) is 31.9 Å². The summed E-state index contributed by atoms with van der Waals surface area (Å²) in [6.45, 7) is 6.44. The molecule has 2 aliphatic heterocycles. The van der Waals surface area contributed by atoms with Crippen LogP contribution in [0.25, 0.3) is 22.6 Å². The van der Waals surface area contributed by atoms with E-state index in [4.69, 9.17) is 37.4 Å². The minimum absolute atomic E-state index is 0.00858. The molecule has 8 nitrogen and oxygen atoms in total. The minimum Gasteiger partial charge on any atom is -0.468 e. The van der Waals surface area contributed by atoms with Crippen LogP contribution in [0.5, 0.6) is 0 Å². The number of methoxy groups -OCH3 is 1. The van der Waals surface area contributed by atoms with Crippen molar-refractivity contribution in [2.24, 2.45) is 0 Å². The second-order valence-electron chi connectivity index (χ2n) is 12.2. The van der Waals surface area contributed by atoms with E-state index in [0.717, 1.165) is 18.4 Å². The van der Waals surface area contributed by atoms with Crippen LogP contribution in [0.2, 0.25) is 10.3 Å². The summed E-state index contributed by atoms with van der Waals surface area (Å²) in [6.07, 6.45) is 4.89. The van der Waals surface area contributed by atoms with E-state index in [1.54, 1.807) is 24.3 Å². The van der Waals surface area contributed by atoms with Crippen molar-refractivity contribution >= 4 is 57.7 Å². The van der Waals surface area contributed by atoms with Crippen molar-refractivity contribution < 1.29 is 27.8 Å². The Balaban J connectivity index is 1.39. The molecular formula is C32H32Cl2F2N4O4. The molecule has 2 bridgehead atoms. The topological polar surface area (TPSA) is 77.0 Å². The normalized spacial score (nSPS) is 19.8. The fourth-order valence-electron chi connectivity index (χ4n) is 6.24. The standard InChI is InChI=1S/C32H32Cl2F2N4O4/c1-32(2,3)44-31(41)40-21-7-8-22(40)15-39(14-21)29-24-13-25(33)26(27(36)28(24)37-30(34)38-29)19-9-18-10-20(35)6-5-17(18)11-23(12-19)43-16-42-4/h5-6,10-13,21-22H,7-9,14-16H2,1-4H3. The van der Waals surface area contributed by atoms with Gasteiger partial charge in [0.05, 0.1) is 17.1 Å². The summed E-state index contributed by atoms with van der Waals surface area (Å²) in [7, 11) is 1.49. The molecule has 6 rings (SSSR count). The van der Waals surface area contributed by atoms with Gasteiger partial charge in [0.2, 0.25) is 5.28 Å². The van der Waals surface area contributed by atoms with Crippen LogP contribution in [-0.4, -0.2) is 65.6 Å². The van der Waals surface area contributed by atoms with Crippen LogP contribution in [0.4, 0.5) is 19.4 Å². The average Bonchev–Trinajstić information content (AvgIpc) is 3.09. The van der Waals surface area contributed by atoms with Crippen molar-refractivity contribution in [1.29, 1.82) is 0 Å². The number of rotatable bonds is 5. The van der Waals surface area contributed by atoms with Crippen molar-refractivity contribution in [3.8, 4) is 0 Å². The lowest BCUT2D eigenvalue weighted by Crippen LogP contribution is -2.57. The molecule has 2 fully saturated rings. The summed E-state index contributed by atoms with van der Waals surface area (Å²) in [4.78, 5) is 25.6. The van der Waals surface area contributed by atoms with Gasteiger partial charge >= 0.3 is 6.09 Å². The summed E-state index contributed by atoms with van der Waals surface area (Å²) in [5.41, 5.74) is 1.36. The number of anilines is 1. The number of allylic oxidation sites excluding steroid dienone is 2. The Morgan fingerprint density at radius 3 is 2.48 bits per heavy atom. The molecule has 3 aliphatic rings. The highest BCUT2D eigenvalue weighted by Gasteiger charge is 2.45. The number of piperazine rings is 1. The molecule has 232 valence electrons. The van der Waals surface area contributed by atoms with Crippen molar-refractivity contribution in [3.63, 3.8) is 0 Å². The lowest BCUT2D eigenvalue weighted by molar-refractivity contribution is 0.0111. The molecule has 1 aliphatic carbocycles. The monoisotopic (exact) mass is 644 g/mol. The lowest BCUT2D eigenvalue weighted by Gasteiger charge is -2.42. The molecule has 2 atom stereocenters. The number of hydrogen-bond acceptors (Lipinski definition) is 7. The number of nitrogens with zero attached hydrogens (tertiary/aromatic N) is 4. The molecule has 0 saturated carbocycles. The fourth-order valence-corrected chi connectivity index (χ4v) is 6.72. The predicted octanol–water partition coefficient (Wildman–Crippen LogP) is 7.40. The van der Waals surface area contributed by atoms with Gasteiger partial charge in [0.25, 0.3) is 0 Å². The molecule has 1 aromatic heterocycles. The van der Waals surface area contributed by atoms with Crippen molar-refractivity contribution in [1.82, 2.24) is 14.9 Å². The maximum absolute atomic E-state index is 16.6. The number of amides is 1. The first-order valence-electron chi connectivity index (χ1n) is 14.4. The number of aromatic nitrogens is 2. The highest BCUT2D eigenvalue weighted by Crippen LogP contribution is 2.41. The van der Waals surface area contributed by atoms with Crippen molar-refractivity contribution in [2.45, 2.75) is 57.7 Å². The molecule has 0 radical (unpaired) electrons. The quantitative estimate of drug-likeness (QED) is 0.211. The minimum atomic E-state index is -0.675. The Morgan fingerprint density at radius 1 is 1.07 bits per heavy atom. The fraction of sp³-hybridized carbons (Fsp3) is 0.406. The van der Waals surface area contributed by atoms with Gasteiger partial charge in [0, 0.05) is 31.1 Å². The summed E-state index contributed by atoms with van der Waals surface area (Å²) >= 11 is 13.2. The molecule has 12 heteroatoms. The summed E-state index contributed by atoms with van der Waals surface area (Å²) in [6, 6.07) is 5.86. The lowest BCUT2D eigenvalue weighted by atomic mass is 9.95. The second kappa shape index (κ2) is 11.8. The van der Waals surface area contributed by atoms with Gasteiger partial charge in [0.15, 0.2) is 12.6 Å². The first kappa shape index (κ1) is 30.6. The Morgan fingerprint density at radius 2 is 1.80 bits per heavy atom. The highest BCUT2D eigenvalue weighted by atomic mass is 35.5. The third-order valence-electron chi connectivity index (χ3n) is 7.99. The van der Waals surface area contributed by atoms with Crippen LogP contribution >= 0.6 is 23.2 Å². The van der Waals surface area contributed by atoms with E-state index in [9.17, 15) is 9.18 Å². The second-order valence-corrected chi connectivity index (χ2v) is 13.0. The Kier molecular flexibility index (Phi) is 8.19. The first-order valence-corrected chi connectivity index (χ1v) is 15.1. The molecule has 3 heterocycles. The number of benzene rings is 2. The number of carbonyl (C=O) groups excluding carboxylic acids is 1. The van der Waals surface area contributed by atoms with Gasteiger partial charge in [-0.2, -0.15) is 4.98 Å². The number of hydrogen-bond donors (Lipinski definition) is 0. The molecule has 44 heavy (non-hydrogen) atoms. The van der Waals surface area contributed by atoms with E-state index in [0.29, 0.717) is 41.2 Å². The van der Waals surface area contributed by atoms with E-state index >= 15 is 4.39 Å². The average molecular weight is 646 g/mol. The summed E-state index contributed by atoms with van der Waals surface area (Å²) < 4.78 is 47.3. The van der Waals surface area contributed by atoms with Crippen LogP contribution < -0.4 is 4.90 Å². The molecule has 0 N–H and O–H groups in total. The third kappa shape index (κ3) is 5.95. The van der Waals surface area contributed by atoms with E-state index in [2.05, 4.69) is 9.97 Å². The van der Waals surface area contributed by atoms with Gasteiger partial charge in [-0.05, 0) is 98.7 Å². The van der Waals surface area contributed by atoms with Gasteiger partial charge in [-0.25, -0.2) is 18.6 Å². The molecule has 1 amide bonds. The highest BCUT2D eigenvalue weighted by molar-refractivity contribution is 6.33.